The van der Waals surface area contributed by atoms with Crippen molar-refractivity contribution >= 4 is 17.0 Å². The molecule has 0 saturated carbocycles. The van der Waals surface area contributed by atoms with Crippen LogP contribution < -0.4 is 5.32 Å². The molecule has 1 aromatic heterocycles. The van der Waals surface area contributed by atoms with Gasteiger partial charge in [0.15, 0.2) is 0 Å². The molecule has 0 aliphatic heterocycles. The number of nitrogens with zero attached hydrogens (tertiary/aromatic N) is 1. The molecule has 0 spiro atoms. The fourth-order valence-corrected chi connectivity index (χ4v) is 3.61. The lowest BCUT2D eigenvalue weighted by Crippen LogP contribution is -2.00. The number of hydrogen-bond donors (Lipinski definition) is 1. The van der Waals surface area contributed by atoms with Gasteiger partial charge in [-0.25, -0.2) is 0 Å². The highest BCUT2D eigenvalue weighted by Gasteiger charge is 2.10. The molecule has 3 heteroatoms. The van der Waals surface area contributed by atoms with Gasteiger partial charge in [0.25, 0.3) is 0 Å². The van der Waals surface area contributed by atoms with Crippen LogP contribution in [0.4, 0.5) is 5.69 Å². The Balaban J connectivity index is 1.82. The van der Waals surface area contributed by atoms with Crippen LogP contribution in [0, 0.1) is 11.3 Å². The molecule has 3 aromatic rings. The highest BCUT2D eigenvalue weighted by atomic mass is 32.1. The molecular weight excluding hydrogens is 300 g/mol. The van der Waals surface area contributed by atoms with E-state index in [-0.39, 0.29) is 0 Å². The maximum Gasteiger partial charge on any atom is 0.0625 e. The third kappa shape index (κ3) is 4.00. The molecule has 0 aliphatic carbocycles. The Morgan fingerprint density at radius 1 is 0.957 bits per heavy atom. The molecule has 1 N–H and O–H groups in total. The average Bonchev–Trinajstić information content (AvgIpc) is 3.03. The zero-order chi connectivity index (χ0) is 15.9. The summed E-state index contributed by atoms with van der Waals surface area (Å²) >= 11 is 1.77. The van der Waals surface area contributed by atoms with Gasteiger partial charge in [0, 0.05) is 28.4 Å². The van der Waals surface area contributed by atoms with Gasteiger partial charge in [-0.2, -0.15) is 5.26 Å². The van der Waals surface area contributed by atoms with Gasteiger partial charge in [-0.15, -0.1) is 11.3 Å². The molecule has 0 atom stereocenters. The quantitative estimate of drug-likeness (QED) is 0.653. The second-order valence-electron chi connectivity index (χ2n) is 5.31. The standard InChI is InChI=1S/C20H18N2S/c21-13-7-12-19-18(22-15-16-8-3-1-4-9-16)14-20(23-19)17-10-5-2-6-11-17/h1-6,8-11,14,22H,7,12,15H2. The molecule has 0 saturated heterocycles. The molecule has 0 fully saturated rings. The third-order valence-corrected chi connectivity index (χ3v) is 4.90. The molecule has 0 aliphatic rings. The van der Waals surface area contributed by atoms with Gasteiger partial charge >= 0.3 is 0 Å². The molecule has 1 heterocycles. The van der Waals surface area contributed by atoms with Gasteiger partial charge in [-0.1, -0.05) is 60.7 Å². The molecule has 114 valence electrons. The summed E-state index contributed by atoms with van der Waals surface area (Å²) in [6.45, 7) is 0.797. The molecule has 2 nitrogen and oxygen atoms in total. The number of thiophene rings is 1. The molecule has 0 radical (unpaired) electrons. The van der Waals surface area contributed by atoms with Crippen LogP contribution in [0.3, 0.4) is 0 Å². The van der Waals surface area contributed by atoms with E-state index in [1.807, 2.05) is 12.1 Å². The van der Waals surface area contributed by atoms with Crippen LogP contribution in [0.25, 0.3) is 10.4 Å². The lowest BCUT2D eigenvalue weighted by atomic mass is 10.1. The van der Waals surface area contributed by atoms with E-state index in [9.17, 15) is 0 Å². The van der Waals surface area contributed by atoms with E-state index in [1.54, 1.807) is 11.3 Å². The summed E-state index contributed by atoms with van der Waals surface area (Å²) in [5, 5.41) is 12.4. The van der Waals surface area contributed by atoms with Crippen LogP contribution in [0.2, 0.25) is 0 Å². The van der Waals surface area contributed by atoms with Crippen molar-refractivity contribution in [3.63, 3.8) is 0 Å². The second kappa shape index (κ2) is 7.62. The van der Waals surface area contributed by atoms with Gasteiger partial charge < -0.3 is 5.32 Å². The van der Waals surface area contributed by atoms with E-state index in [0.29, 0.717) is 6.42 Å². The summed E-state index contributed by atoms with van der Waals surface area (Å²) in [6.07, 6.45) is 1.35. The van der Waals surface area contributed by atoms with E-state index in [4.69, 9.17) is 5.26 Å². The predicted molar refractivity (Wildman–Crippen MR) is 97.5 cm³/mol. The van der Waals surface area contributed by atoms with Gasteiger partial charge in [0.1, 0.15) is 0 Å². The predicted octanol–water partition coefficient (Wildman–Crippen LogP) is 5.48. The summed E-state index contributed by atoms with van der Waals surface area (Å²) in [6, 6.07) is 25.2. The van der Waals surface area contributed by atoms with Crippen LogP contribution in [-0.2, 0) is 13.0 Å². The Bertz CT molecular complexity index is 786. The number of hydrogen-bond acceptors (Lipinski definition) is 3. The lowest BCUT2D eigenvalue weighted by molar-refractivity contribution is 1.03. The molecule has 2 aromatic carbocycles. The smallest absolute Gasteiger partial charge is 0.0625 e. The van der Waals surface area contributed by atoms with Crippen LogP contribution >= 0.6 is 11.3 Å². The van der Waals surface area contributed by atoms with E-state index in [1.165, 1.54) is 20.9 Å². The monoisotopic (exact) mass is 318 g/mol. The van der Waals surface area contributed by atoms with Crippen molar-refractivity contribution < 1.29 is 0 Å². The van der Waals surface area contributed by atoms with Gasteiger partial charge in [0.05, 0.1) is 6.07 Å². The van der Waals surface area contributed by atoms with E-state index < -0.39 is 0 Å². The fourth-order valence-electron chi connectivity index (χ4n) is 2.47. The molecular formula is C20H18N2S. The summed E-state index contributed by atoms with van der Waals surface area (Å²) in [7, 11) is 0. The molecule has 23 heavy (non-hydrogen) atoms. The van der Waals surface area contributed by atoms with Crippen LogP contribution in [0.1, 0.15) is 16.9 Å². The Morgan fingerprint density at radius 2 is 1.65 bits per heavy atom. The first-order valence-electron chi connectivity index (χ1n) is 7.69. The second-order valence-corrected chi connectivity index (χ2v) is 6.45. The van der Waals surface area contributed by atoms with Crippen molar-refractivity contribution in [2.45, 2.75) is 19.4 Å². The van der Waals surface area contributed by atoms with Gasteiger partial charge in [-0.3, -0.25) is 0 Å². The molecule has 3 rings (SSSR count). The number of anilines is 1. The van der Waals surface area contributed by atoms with E-state index in [2.05, 4.69) is 66.0 Å². The van der Waals surface area contributed by atoms with Crippen LogP contribution in [0.15, 0.2) is 66.7 Å². The summed E-state index contributed by atoms with van der Waals surface area (Å²) < 4.78 is 0. The number of nitrogens with one attached hydrogen (secondary N) is 1. The SMILES string of the molecule is N#CCCc1sc(-c2ccccc2)cc1NCc1ccccc1. The molecule has 0 bridgehead atoms. The van der Waals surface area contributed by atoms with Crippen LogP contribution in [-0.4, -0.2) is 0 Å². The van der Waals surface area contributed by atoms with Crippen molar-refractivity contribution in [1.82, 2.24) is 0 Å². The van der Waals surface area contributed by atoms with Crippen molar-refractivity contribution in [2.24, 2.45) is 0 Å². The minimum Gasteiger partial charge on any atom is -0.380 e. The zero-order valence-electron chi connectivity index (χ0n) is 12.8. The van der Waals surface area contributed by atoms with Crippen molar-refractivity contribution in [1.29, 1.82) is 5.26 Å². The van der Waals surface area contributed by atoms with Crippen molar-refractivity contribution in [3.05, 3.63) is 77.2 Å². The Labute approximate surface area is 141 Å². The van der Waals surface area contributed by atoms with E-state index >= 15 is 0 Å². The average molecular weight is 318 g/mol. The maximum absolute atomic E-state index is 8.88. The topological polar surface area (TPSA) is 35.8 Å². The molecule has 0 amide bonds. The lowest BCUT2D eigenvalue weighted by Gasteiger charge is -2.06. The Kier molecular flexibility index (Phi) is 5.08. The first-order valence-corrected chi connectivity index (χ1v) is 8.51. The highest BCUT2D eigenvalue weighted by Crippen LogP contribution is 2.35. The largest absolute Gasteiger partial charge is 0.380 e. The van der Waals surface area contributed by atoms with Gasteiger partial charge in [-0.05, 0) is 23.6 Å². The first-order chi connectivity index (χ1) is 11.4. The number of nitriles is 1. The molecule has 0 unspecified atom stereocenters. The summed E-state index contributed by atoms with van der Waals surface area (Å²) in [4.78, 5) is 2.50. The van der Waals surface area contributed by atoms with Crippen molar-refractivity contribution in [3.8, 4) is 16.5 Å². The van der Waals surface area contributed by atoms with Crippen LogP contribution in [0.5, 0.6) is 0 Å². The number of rotatable bonds is 6. The Hall–Kier alpha value is -2.57. The number of benzene rings is 2. The normalized spacial score (nSPS) is 10.2. The summed E-state index contributed by atoms with van der Waals surface area (Å²) in [5.74, 6) is 0. The fraction of sp³-hybridized carbons (Fsp3) is 0.150. The first kappa shape index (κ1) is 15.3. The number of aryl methyl sites for hydroxylation is 1. The summed E-state index contributed by atoms with van der Waals surface area (Å²) in [5.41, 5.74) is 3.63. The zero-order valence-corrected chi connectivity index (χ0v) is 13.6. The van der Waals surface area contributed by atoms with Gasteiger partial charge in [0.2, 0.25) is 0 Å². The Morgan fingerprint density at radius 3 is 2.35 bits per heavy atom. The maximum atomic E-state index is 8.88. The highest BCUT2D eigenvalue weighted by molar-refractivity contribution is 7.16. The van der Waals surface area contributed by atoms with E-state index in [0.717, 1.165) is 18.7 Å². The third-order valence-electron chi connectivity index (χ3n) is 3.66. The van der Waals surface area contributed by atoms with Crippen molar-refractivity contribution in [2.75, 3.05) is 5.32 Å². The minimum atomic E-state index is 0.550. The minimum absolute atomic E-state index is 0.550.